The van der Waals surface area contributed by atoms with E-state index in [9.17, 15) is 0 Å². The van der Waals surface area contributed by atoms with Crippen LogP contribution in [0.25, 0.3) is 5.52 Å². The number of rotatable bonds is 1. The average molecular weight is 239 g/mol. The molecule has 2 nitrogen and oxygen atoms in total. The molecule has 1 saturated heterocycles. The summed E-state index contributed by atoms with van der Waals surface area (Å²) in [5, 5.41) is 1.33. The van der Waals surface area contributed by atoms with E-state index in [1.54, 1.807) is 0 Å². The van der Waals surface area contributed by atoms with Crippen LogP contribution in [0.3, 0.4) is 0 Å². The maximum Gasteiger partial charge on any atom is 0.126 e. The van der Waals surface area contributed by atoms with Crippen LogP contribution in [0.15, 0.2) is 24.5 Å². The Kier molecular flexibility index (Phi) is 2.37. The molecule has 0 aromatic carbocycles. The standard InChI is InChI=1S/C11H11ClN2S/c12-8-3-4-14-9(6-8)7-13-11(14)10-2-1-5-15-10/h3-4,6-7,10H,1-2,5H2. The predicted molar refractivity (Wildman–Crippen MR) is 64.6 cm³/mol. The number of hydrogen-bond acceptors (Lipinski definition) is 2. The van der Waals surface area contributed by atoms with Gasteiger partial charge in [-0.3, -0.25) is 0 Å². The summed E-state index contributed by atoms with van der Waals surface area (Å²) in [6.07, 6.45) is 6.46. The highest BCUT2D eigenvalue weighted by atomic mass is 35.5. The highest BCUT2D eigenvalue weighted by molar-refractivity contribution is 7.99. The molecule has 1 aliphatic rings. The van der Waals surface area contributed by atoms with Crippen LogP contribution < -0.4 is 0 Å². The van der Waals surface area contributed by atoms with Crippen LogP contribution in [0.5, 0.6) is 0 Å². The van der Waals surface area contributed by atoms with E-state index in [0.717, 1.165) is 10.5 Å². The third-order valence-electron chi connectivity index (χ3n) is 2.74. The van der Waals surface area contributed by atoms with Crippen LogP contribution in [0.4, 0.5) is 0 Å². The molecule has 1 unspecified atom stereocenters. The molecule has 1 aliphatic heterocycles. The van der Waals surface area contributed by atoms with Crippen molar-refractivity contribution in [1.82, 2.24) is 9.38 Å². The average Bonchev–Trinajstić information content (AvgIpc) is 2.82. The largest absolute Gasteiger partial charge is 0.303 e. The van der Waals surface area contributed by atoms with E-state index in [1.165, 1.54) is 24.4 Å². The Morgan fingerprint density at radius 2 is 2.47 bits per heavy atom. The van der Waals surface area contributed by atoms with E-state index in [2.05, 4.69) is 9.38 Å². The van der Waals surface area contributed by atoms with Crippen molar-refractivity contribution in [2.45, 2.75) is 18.1 Å². The minimum absolute atomic E-state index is 0.564. The van der Waals surface area contributed by atoms with Gasteiger partial charge in [0.1, 0.15) is 5.82 Å². The summed E-state index contributed by atoms with van der Waals surface area (Å²) in [4.78, 5) is 4.50. The Bertz CT molecular complexity index is 488. The molecule has 2 aromatic rings. The summed E-state index contributed by atoms with van der Waals surface area (Å²) >= 11 is 7.94. The zero-order valence-electron chi connectivity index (χ0n) is 8.19. The van der Waals surface area contributed by atoms with Crippen LogP contribution >= 0.6 is 23.4 Å². The van der Waals surface area contributed by atoms with Crippen molar-refractivity contribution in [1.29, 1.82) is 0 Å². The second kappa shape index (κ2) is 3.72. The third kappa shape index (κ3) is 1.64. The van der Waals surface area contributed by atoms with Crippen molar-refractivity contribution < 1.29 is 0 Å². The Hall–Kier alpha value is -0.670. The van der Waals surface area contributed by atoms with Crippen LogP contribution in [0.2, 0.25) is 5.02 Å². The second-order valence-corrected chi connectivity index (χ2v) is 5.50. The number of aromatic nitrogens is 2. The van der Waals surface area contributed by atoms with Gasteiger partial charge < -0.3 is 4.40 Å². The predicted octanol–water partition coefficient (Wildman–Crippen LogP) is 3.56. The third-order valence-corrected chi connectivity index (χ3v) is 4.35. The van der Waals surface area contributed by atoms with Crippen molar-refractivity contribution in [3.8, 4) is 0 Å². The lowest BCUT2D eigenvalue weighted by Crippen LogP contribution is -1.97. The van der Waals surface area contributed by atoms with Gasteiger partial charge in [-0.1, -0.05) is 11.6 Å². The van der Waals surface area contributed by atoms with Crippen molar-refractivity contribution in [3.05, 3.63) is 35.4 Å². The molecule has 3 rings (SSSR count). The Morgan fingerprint density at radius 1 is 1.53 bits per heavy atom. The summed E-state index contributed by atoms with van der Waals surface area (Å²) in [5.41, 5.74) is 1.09. The molecule has 0 spiro atoms. The van der Waals surface area contributed by atoms with Crippen molar-refractivity contribution in [2.24, 2.45) is 0 Å². The molecule has 1 fully saturated rings. The fourth-order valence-corrected chi connectivity index (χ4v) is 3.46. The summed E-state index contributed by atoms with van der Waals surface area (Å²) in [5.74, 6) is 2.43. The van der Waals surface area contributed by atoms with Crippen molar-refractivity contribution in [3.63, 3.8) is 0 Å². The molecule has 0 amide bonds. The molecule has 0 bridgehead atoms. The van der Waals surface area contributed by atoms with Gasteiger partial charge in [0.2, 0.25) is 0 Å². The SMILES string of the molecule is Clc1ccn2c(C3CCCS3)ncc2c1. The number of imidazole rings is 1. The molecule has 15 heavy (non-hydrogen) atoms. The lowest BCUT2D eigenvalue weighted by molar-refractivity contribution is 0.774. The highest BCUT2D eigenvalue weighted by Crippen LogP contribution is 2.39. The van der Waals surface area contributed by atoms with Crippen molar-refractivity contribution >= 4 is 28.9 Å². The van der Waals surface area contributed by atoms with Gasteiger partial charge in [-0.05, 0) is 30.7 Å². The molecule has 1 atom stereocenters. The minimum atomic E-state index is 0.564. The molecular weight excluding hydrogens is 228 g/mol. The number of thioether (sulfide) groups is 1. The summed E-state index contributed by atoms with van der Waals surface area (Å²) < 4.78 is 2.15. The molecule has 4 heteroatoms. The van der Waals surface area contributed by atoms with E-state index < -0.39 is 0 Å². The summed E-state index contributed by atoms with van der Waals surface area (Å²) in [6, 6.07) is 3.87. The molecule has 3 heterocycles. The molecule has 0 aliphatic carbocycles. The van der Waals surface area contributed by atoms with Crippen LogP contribution in [0.1, 0.15) is 23.9 Å². The van der Waals surface area contributed by atoms with E-state index in [4.69, 9.17) is 11.6 Å². The summed E-state index contributed by atoms with van der Waals surface area (Å²) in [6.45, 7) is 0. The number of pyridine rings is 1. The fraction of sp³-hybridized carbons (Fsp3) is 0.364. The maximum absolute atomic E-state index is 5.94. The van der Waals surface area contributed by atoms with Gasteiger partial charge in [-0.15, -0.1) is 0 Å². The summed E-state index contributed by atoms with van der Waals surface area (Å²) in [7, 11) is 0. The Balaban J connectivity index is 2.11. The molecule has 0 saturated carbocycles. The Morgan fingerprint density at radius 3 is 3.27 bits per heavy atom. The zero-order chi connectivity index (χ0) is 10.3. The minimum Gasteiger partial charge on any atom is -0.303 e. The number of fused-ring (bicyclic) bond motifs is 1. The molecule has 78 valence electrons. The van der Waals surface area contributed by atoms with Crippen molar-refractivity contribution in [2.75, 3.05) is 5.75 Å². The molecular formula is C11H11ClN2S. The lowest BCUT2D eigenvalue weighted by Gasteiger charge is -2.07. The van der Waals surface area contributed by atoms with Gasteiger partial charge in [0.15, 0.2) is 0 Å². The number of hydrogen-bond donors (Lipinski definition) is 0. The monoisotopic (exact) mass is 238 g/mol. The topological polar surface area (TPSA) is 17.3 Å². The molecule has 0 radical (unpaired) electrons. The quantitative estimate of drug-likeness (QED) is 0.756. The first-order chi connectivity index (χ1) is 7.34. The maximum atomic E-state index is 5.94. The molecule has 2 aromatic heterocycles. The van der Waals surface area contributed by atoms with Gasteiger partial charge in [-0.25, -0.2) is 4.98 Å². The van der Waals surface area contributed by atoms with Gasteiger partial charge in [0.05, 0.1) is 17.0 Å². The van der Waals surface area contributed by atoms with E-state index in [0.29, 0.717) is 5.25 Å². The Labute approximate surface area is 97.6 Å². The normalized spacial score (nSPS) is 21.3. The van der Waals surface area contributed by atoms with Gasteiger partial charge in [0.25, 0.3) is 0 Å². The van der Waals surface area contributed by atoms with E-state index >= 15 is 0 Å². The van der Waals surface area contributed by atoms with Gasteiger partial charge >= 0.3 is 0 Å². The van der Waals surface area contributed by atoms with Crippen LogP contribution in [0, 0.1) is 0 Å². The van der Waals surface area contributed by atoms with Crippen LogP contribution in [-0.4, -0.2) is 15.1 Å². The van der Waals surface area contributed by atoms with Crippen LogP contribution in [-0.2, 0) is 0 Å². The zero-order valence-corrected chi connectivity index (χ0v) is 9.76. The van der Waals surface area contributed by atoms with Gasteiger partial charge in [0, 0.05) is 11.2 Å². The smallest absolute Gasteiger partial charge is 0.126 e. The number of nitrogens with zero attached hydrogens (tertiary/aromatic N) is 2. The first-order valence-corrected chi connectivity index (χ1v) is 6.51. The first-order valence-electron chi connectivity index (χ1n) is 5.09. The van der Waals surface area contributed by atoms with E-state index in [1.807, 2.05) is 36.3 Å². The van der Waals surface area contributed by atoms with Gasteiger partial charge in [-0.2, -0.15) is 11.8 Å². The first kappa shape index (κ1) is 9.55. The highest BCUT2D eigenvalue weighted by Gasteiger charge is 2.21. The molecule has 0 N–H and O–H groups in total. The second-order valence-electron chi connectivity index (χ2n) is 3.76. The lowest BCUT2D eigenvalue weighted by atomic mass is 10.2. The fourth-order valence-electron chi connectivity index (χ4n) is 2.01. The number of halogens is 1. The van der Waals surface area contributed by atoms with E-state index in [-0.39, 0.29) is 0 Å².